The topological polar surface area (TPSA) is 75.2 Å². The van der Waals surface area contributed by atoms with Crippen LogP contribution >= 0.6 is 0 Å². The third-order valence-electron chi connectivity index (χ3n) is 4.47. The van der Waals surface area contributed by atoms with Crippen LogP contribution in [0.3, 0.4) is 0 Å². The highest BCUT2D eigenvalue weighted by Crippen LogP contribution is 2.39. The molecule has 0 aliphatic carbocycles. The molecule has 0 radical (unpaired) electrons. The fourth-order valence-corrected chi connectivity index (χ4v) is 3.10. The summed E-state index contributed by atoms with van der Waals surface area (Å²) in [5, 5.41) is 10.8. The minimum Gasteiger partial charge on any atom is -0.507 e. The number of aryl methyl sites for hydroxylation is 1. The lowest BCUT2D eigenvalue weighted by molar-refractivity contribution is -0.857. The lowest BCUT2D eigenvalue weighted by atomic mass is 9.99. The van der Waals surface area contributed by atoms with Crippen molar-refractivity contribution >= 4 is 17.4 Å². The highest BCUT2D eigenvalue weighted by atomic mass is 16.3. The monoisotopic (exact) mass is 355 g/mol. The first-order chi connectivity index (χ1) is 12.4. The van der Waals surface area contributed by atoms with Gasteiger partial charge in [0.15, 0.2) is 0 Å². The maximum absolute atomic E-state index is 12.7. The molecule has 6 heteroatoms. The number of likely N-dealkylation sites (N-methyl/N-ethyl adjacent to an activating group) is 1. The smallest absolute Gasteiger partial charge is 0.295 e. The number of carbonyl (C=O) groups is 2. The van der Waals surface area contributed by atoms with E-state index in [0.29, 0.717) is 30.2 Å². The van der Waals surface area contributed by atoms with Gasteiger partial charge < -0.3 is 19.3 Å². The fourth-order valence-electron chi connectivity index (χ4n) is 3.10. The largest absolute Gasteiger partial charge is 0.507 e. The van der Waals surface area contributed by atoms with Crippen molar-refractivity contribution in [3.05, 3.63) is 65.1 Å². The summed E-state index contributed by atoms with van der Waals surface area (Å²) in [5.41, 5.74) is 0.571. The van der Waals surface area contributed by atoms with E-state index >= 15 is 0 Å². The number of hydrogen-bond acceptors (Lipinski definition) is 4. The van der Waals surface area contributed by atoms with E-state index in [1.165, 1.54) is 4.90 Å². The zero-order valence-electron chi connectivity index (χ0n) is 15.2. The molecule has 1 aliphatic rings. The van der Waals surface area contributed by atoms with Gasteiger partial charge >= 0.3 is 0 Å². The van der Waals surface area contributed by atoms with E-state index in [-0.39, 0.29) is 11.3 Å². The van der Waals surface area contributed by atoms with E-state index in [9.17, 15) is 14.7 Å². The van der Waals surface area contributed by atoms with E-state index in [0.717, 1.165) is 4.90 Å². The predicted octanol–water partition coefficient (Wildman–Crippen LogP) is 1.15. The number of ketones is 1. The SMILES string of the molecule is Cc1ccc([C@@H]2C(=C(O)c3ccccc3)C(=O)C(=O)N2CC[NH+](C)C)o1. The number of aliphatic hydroxyl groups excluding tert-OH is 1. The fraction of sp³-hybridized carbons (Fsp3) is 0.300. The van der Waals surface area contributed by atoms with Gasteiger partial charge in [0.05, 0.1) is 32.8 Å². The number of furan rings is 1. The van der Waals surface area contributed by atoms with E-state index in [1.54, 1.807) is 43.3 Å². The van der Waals surface area contributed by atoms with Crippen LogP contribution in [-0.4, -0.2) is 48.9 Å². The number of amides is 1. The van der Waals surface area contributed by atoms with Gasteiger partial charge in [-0.3, -0.25) is 9.59 Å². The van der Waals surface area contributed by atoms with Crippen LogP contribution < -0.4 is 4.90 Å². The van der Waals surface area contributed by atoms with Crippen LogP contribution in [0, 0.1) is 6.92 Å². The minimum atomic E-state index is -0.719. The maximum atomic E-state index is 12.7. The molecule has 1 amide bonds. The quantitative estimate of drug-likeness (QED) is 0.479. The molecule has 0 saturated carbocycles. The number of hydrogen-bond donors (Lipinski definition) is 2. The van der Waals surface area contributed by atoms with Gasteiger partial charge in [0, 0.05) is 5.56 Å². The van der Waals surface area contributed by atoms with Crippen molar-refractivity contribution in [2.24, 2.45) is 0 Å². The second-order valence-electron chi connectivity index (χ2n) is 6.76. The molecule has 2 heterocycles. The van der Waals surface area contributed by atoms with Gasteiger partial charge in [0.1, 0.15) is 23.3 Å². The average molecular weight is 355 g/mol. The number of Topliss-reactive ketones (excluding diaryl/α,β-unsaturated/α-hetero) is 1. The Labute approximate surface area is 152 Å². The Morgan fingerprint density at radius 3 is 2.42 bits per heavy atom. The molecular weight excluding hydrogens is 332 g/mol. The Bertz CT molecular complexity index is 852. The Hall–Kier alpha value is -2.86. The van der Waals surface area contributed by atoms with Crippen molar-refractivity contribution < 1.29 is 24.0 Å². The Balaban J connectivity index is 2.11. The van der Waals surface area contributed by atoms with Gasteiger partial charge in [-0.05, 0) is 19.1 Å². The average Bonchev–Trinajstić information content (AvgIpc) is 3.15. The molecule has 0 unspecified atom stereocenters. The molecule has 1 aliphatic heterocycles. The Morgan fingerprint density at radius 2 is 1.85 bits per heavy atom. The van der Waals surface area contributed by atoms with Crippen molar-refractivity contribution in [2.45, 2.75) is 13.0 Å². The van der Waals surface area contributed by atoms with Crippen LogP contribution in [0.1, 0.15) is 23.1 Å². The van der Waals surface area contributed by atoms with Crippen LogP contribution in [0.4, 0.5) is 0 Å². The van der Waals surface area contributed by atoms with Gasteiger partial charge in [-0.2, -0.15) is 0 Å². The Morgan fingerprint density at radius 1 is 1.15 bits per heavy atom. The molecule has 1 aromatic heterocycles. The molecule has 2 N–H and O–H groups in total. The normalized spacial score (nSPS) is 19.5. The molecule has 2 aromatic rings. The molecule has 1 atom stereocenters. The zero-order chi connectivity index (χ0) is 18.8. The van der Waals surface area contributed by atoms with Crippen molar-refractivity contribution in [1.82, 2.24) is 4.90 Å². The number of benzene rings is 1. The molecule has 3 rings (SSSR count). The number of quaternary nitrogens is 1. The summed E-state index contributed by atoms with van der Waals surface area (Å²) in [5.74, 6) is -0.305. The third-order valence-corrected chi connectivity index (χ3v) is 4.47. The highest BCUT2D eigenvalue weighted by molar-refractivity contribution is 6.46. The summed E-state index contributed by atoms with van der Waals surface area (Å²) in [7, 11) is 3.96. The van der Waals surface area contributed by atoms with Gasteiger partial charge in [0.25, 0.3) is 11.7 Å². The van der Waals surface area contributed by atoms with Crippen molar-refractivity contribution in [1.29, 1.82) is 0 Å². The summed E-state index contributed by atoms with van der Waals surface area (Å²) in [6.07, 6.45) is 0. The molecule has 0 bridgehead atoms. The zero-order valence-corrected chi connectivity index (χ0v) is 15.2. The van der Waals surface area contributed by atoms with Crippen LogP contribution in [0.2, 0.25) is 0 Å². The summed E-state index contributed by atoms with van der Waals surface area (Å²) in [6.45, 7) is 2.87. The standard InChI is InChI=1S/C20H22N2O4/c1-13-9-10-15(26-13)17-16(18(23)14-7-5-4-6-8-14)19(24)20(25)22(17)12-11-21(2)3/h4-10,17,23H,11-12H2,1-3H3/p+1/t17-/m1/s1. The molecule has 6 nitrogen and oxygen atoms in total. The first-order valence-corrected chi connectivity index (χ1v) is 8.59. The summed E-state index contributed by atoms with van der Waals surface area (Å²) >= 11 is 0. The maximum Gasteiger partial charge on any atom is 0.295 e. The molecule has 1 fully saturated rings. The lowest BCUT2D eigenvalue weighted by Crippen LogP contribution is -3.06. The number of likely N-dealkylation sites (tertiary alicyclic amines) is 1. The van der Waals surface area contributed by atoms with E-state index in [2.05, 4.69) is 0 Å². The van der Waals surface area contributed by atoms with Crippen LogP contribution in [0.5, 0.6) is 0 Å². The summed E-state index contributed by atoms with van der Waals surface area (Å²) in [4.78, 5) is 28.0. The third kappa shape index (κ3) is 3.28. The number of aliphatic hydroxyl groups is 1. The van der Waals surface area contributed by atoms with Crippen molar-refractivity contribution in [3.8, 4) is 0 Å². The highest BCUT2D eigenvalue weighted by Gasteiger charge is 2.47. The second-order valence-corrected chi connectivity index (χ2v) is 6.76. The minimum absolute atomic E-state index is 0.0734. The summed E-state index contributed by atoms with van der Waals surface area (Å²) < 4.78 is 5.72. The molecule has 26 heavy (non-hydrogen) atoms. The molecule has 1 aromatic carbocycles. The van der Waals surface area contributed by atoms with Crippen molar-refractivity contribution in [2.75, 3.05) is 27.2 Å². The van der Waals surface area contributed by atoms with Gasteiger partial charge in [0.2, 0.25) is 0 Å². The van der Waals surface area contributed by atoms with E-state index in [4.69, 9.17) is 4.42 Å². The molecular formula is C20H23N2O4+. The molecule has 136 valence electrons. The van der Waals surface area contributed by atoms with E-state index in [1.807, 2.05) is 20.2 Å². The Kier molecular flexibility index (Phi) is 4.95. The first kappa shape index (κ1) is 17.9. The second kappa shape index (κ2) is 7.17. The first-order valence-electron chi connectivity index (χ1n) is 8.59. The number of nitrogens with one attached hydrogen (secondary N) is 1. The van der Waals surface area contributed by atoms with Crippen LogP contribution in [0.25, 0.3) is 5.76 Å². The van der Waals surface area contributed by atoms with Crippen LogP contribution in [0.15, 0.2) is 52.5 Å². The predicted molar refractivity (Wildman–Crippen MR) is 96.6 cm³/mol. The molecule has 1 saturated heterocycles. The van der Waals surface area contributed by atoms with Gasteiger partial charge in [-0.25, -0.2) is 0 Å². The van der Waals surface area contributed by atoms with E-state index < -0.39 is 17.7 Å². The molecule has 0 spiro atoms. The van der Waals surface area contributed by atoms with Crippen molar-refractivity contribution in [3.63, 3.8) is 0 Å². The summed E-state index contributed by atoms with van der Waals surface area (Å²) in [6, 6.07) is 11.6. The number of nitrogens with zero attached hydrogens (tertiary/aromatic N) is 1. The van der Waals surface area contributed by atoms with Gasteiger partial charge in [-0.1, -0.05) is 30.3 Å². The number of rotatable bonds is 5. The van der Waals surface area contributed by atoms with Crippen LogP contribution in [-0.2, 0) is 9.59 Å². The number of carbonyl (C=O) groups excluding carboxylic acids is 2. The van der Waals surface area contributed by atoms with Gasteiger partial charge in [-0.15, -0.1) is 0 Å². The lowest BCUT2D eigenvalue weighted by Gasteiger charge is -2.23.